The summed E-state index contributed by atoms with van der Waals surface area (Å²) >= 11 is 17.0. The minimum atomic E-state index is -5.00. The first-order valence-electron chi connectivity index (χ1n) is 3.83. The Labute approximate surface area is 149 Å². The number of rotatable bonds is 2. The summed E-state index contributed by atoms with van der Waals surface area (Å²) in [5.41, 5.74) is 0.113. The van der Waals surface area contributed by atoms with Crippen LogP contribution in [0.5, 0.6) is 0 Å². The van der Waals surface area contributed by atoms with Crippen molar-refractivity contribution >= 4 is 47.9 Å². The van der Waals surface area contributed by atoms with Crippen LogP contribution in [0.25, 0.3) is 6.08 Å². The second-order valence-corrected chi connectivity index (χ2v) is 4.02. The molecule has 1 aromatic carbocycles. The van der Waals surface area contributed by atoms with Gasteiger partial charge < -0.3 is 12.9 Å². The summed E-state index contributed by atoms with van der Waals surface area (Å²) < 4.78 is 35.8. The number of halogens is 6. The third kappa shape index (κ3) is 5.78. The second-order valence-electron chi connectivity index (χ2n) is 2.77. The average Bonchev–Trinajstić information content (AvgIpc) is 1.99. The first-order chi connectivity index (χ1) is 6.79. The molecule has 0 nitrogen and oxygen atoms in total. The molecule has 0 radical (unpaired) electrons. The summed E-state index contributed by atoms with van der Waals surface area (Å²) in [5.74, 6) is 0.126. The van der Waals surface area contributed by atoms with Gasteiger partial charge in [-0.3, -0.25) is 0 Å². The topological polar surface area (TPSA) is 0 Å². The molecule has 8 heteroatoms. The first-order valence-corrected chi connectivity index (χ1v) is 4.97. The normalized spacial score (nSPS) is 11.6. The Hall–Kier alpha value is 1.32. The van der Waals surface area contributed by atoms with E-state index in [1.165, 1.54) is 12.1 Å². The van der Waals surface area contributed by atoms with Crippen LogP contribution in [-0.2, 0) is 0 Å². The summed E-state index contributed by atoms with van der Waals surface area (Å²) in [7, 11) is 0. The molecule has 0 atom stereocenters. The van der Waals surface area contributed by atoms with Gasteiger partial charge in [-0.25, -0.2) is 0 Å². The third-order valence-corrected chi connectivity index (χ3v) is 2.37. The SMILES string of the molecule is F[B-](F)(F)/C=C/c1c(Cl)cc(Cl)cc1Cl.[K+]. The van der Waals surface area contributed by atoms with Crippen LogP contribution >= 0.6 is 34.8 Å². The molecule has 0 aromatic heterocycles. The van der Waals surface area contributed by atoms with Crippen molar-refractivity contribution in [3.8, 4) is 0 Å². The van der Waals surface area contributed by atoms with E-state index in [9.17, 15) is 12.9 Å². The summed E-state index contributed by atoms with van der Waals surface area (Å²) in [6.07, 6.45) is 0.834. The molecule has 82 valence electrons. The van der Waals surface area contributed by atoms with Gasteiger partial charge in [0, 0.05) is 10.6 Å². The molecule has 0 aliphatic rings. The Morgan fingerprint density at radius 2 is 1.44 bits per heavy atom. The molecule has 0 N–H and O–H groups in total. The van der Waals surface area contributed by atoms with Gasteiger partial charge >= 0.3 is 58.4 Å². The zero-order chi connectivity index (χ0) is 11.6. The Morgan fingerprint density at radius 3 is 1.81 bits per heavy atom. The van der Waals surface area contributed by atoms with Crippen molar-refractivity contribution in [3.63, 3.8) is 0 Å². The zero-order valence-electron chi connectivity index (χ0n) is 8.15. The van der Waals surface area contributed by atoms with Crippen molar-refractivity contribution in [2.45, 2.75) is 0 Å². The largest absolute Gasteiger partial charge is 1.00 e. The van der Waals surface area contributed by atoms with Gasteiger partial charge in [0.2, 0.25) is 0 Å². The molecule has 1 aromatic rings. The van der Waals surface area contributed by atoms with Crippen LogP contribution in [0.1, 0.15) is 5.56 Å². The summed E-state index contributed by atoms with van der Waals surface area (Å²) in [4.78, 5) is 0. The monoisotopic (exact) mass is 312 g/mol. The molecule has 0 bridgehead atoms. The molecule has 0 fully saturated rings. The van der Waals surface area contributed by atoms with Gasteiger partial charge in [-0.1, -0.05) is 40.9 Å². The fraction of sp³-hybridized carbons (Fsp3) is 0. The van der Waals surface area contributed by atoms with Crippen LogP contribution in [0.3, 0.4) is 0 Å². The van der Waals surface area contributed by atoms with Crippen LogP contribution in [0.2, 0.25) is 15.1 Å². The minimum absolute atomic E-state index is 0. The van der Waals surface area contributed by atoms with Gasteiger partial charge in [-0.15, -0.1) is 5.98 Å². The molecule has 0 heterocycles. The van der Waals surface area contributed by atoms with Gasteiger partial charge in [0.1, 0.15) is 0 Å². The third-order valence-electron chi connectivity index (χ3n) is 1.52. The van der Waals surface area contributed by atoms with E-state index in [1.807, 2.05) is 0 Å². The predicted octanol–water partition coefficient (Wildman–Crippen LogP) is 2.05. The maximum absolute atomic E-state index is 11.9. The van der Waals surface area contributed by atoms with Crippen molar-refractivity contribution in [2.75, 3.05) is 0 Å². The van der Waals surface area contributed by atoms with Crippen LogP contribution in [-0.4, -0.2) is 6.98 Å². The van der Waals surface area contributed by atoms with Crippen LogP contribution < -0.4 is 51.4 Å². The molecular formula is C8H4BCl3F3K. The number of benzene rings is 1. The predicted molar refractivity (Wildman–Crippen MR) is 59.6 cm³/mol. The van der Waals surface area contributed by atoms with Crippen molar-refractivity contribution in [1.82, 2.24) is 0 Å². The van der Waals surface area contributed by atoms with E-state index in [2.05, 4.69) is 0 Å². The standard InChI is InChI=1S/C8H4BCl3F3.K/c10-5-3-7(11)6(8(12)4-5)1-2-9(13,14)15;/h1-4H;/q-1;+1/b2-1+;. The van der Waals surface area contributed by atoms with Crippen molar-refractivity contribution in [1.29, 1.82) is 0 Å². The molecule has 0 saturated heterocycles. The second kappa shape index (κ2) is 7.04. The van der Waals surface area contributed by atoms with E-state index >= 15 is 0 Å². The van der Waals surface area contributed by atoms with E-state index < -0.39 is 6.98 Å². The molecule has 0 aliphatic carbocycles. The molecule has 0 unspecified atom stereocenters. The van der Waals surface area contributed by atoms with Gasteiger partial charge in [0.15, 0.2) is 0 Å². The van der Waals surface area contributed by atoms with E-state index in [4.69, 9.17) is 34.8 Å². The van der Waals surface area contributed by atoms with Gasteiger partial charge in [-0.05, 0) is 12.1 Å². The molecule has 0 amide bonds. The number of hydrogen-bond donors (Lipinski definition) is 0. The van der Waals surface area contributed by atoms with Gasteiger partial charge in [0.05, 0.1) is 10.0 Å². The molecule has 0 saturated carbocycles. The summed E-state index contributed by atoms with van der Waals surface area (Å²) in [6, 6.07) is 2.66. The maximum atomic E-state index is 11.9. The summed E-state index contributed by atoms with van der Waals surface area (Å²) in [5, 5.41) is 0.451. The van der Waals surface area contributed by atoms with Crippen LogP contribution in [0, 0.1) is 0 Å². The number of hydrogen-bond acceptors (Lipinski definition) is 0. The van der Waals surface area contributed by atoms with Crippen LogP contribution in [0.15, 0.2) is 18.1 Å². The Morgan fingerprint density at radius 1 is 1.00 bits per heavy atom. The van der Waals surface area contributed by atoms with Crippen LogP contribution in [0.4, 0.5) is 12.9 Å². The Balaban J connectivity index is 0.00000225. The van der Waals surface area contributed by atoms with Gasteiger partial charge in [-0.2, -0.15) is 0 Å². The van der Waals surface area contributed by atoms with E-state index in [-0.39, 0.29) is 78.0 Å². The molecule has 1 rings (SSSR count). The van der Waals surface area contributed by atoms with Crippen molar-refractivity contribution in [3.05, 3.63) is 38.7 Å². The molecule has 16 heavy (non-hydrogen) atoms. The fourth-order valence-corrected chi connectivity index (χ4v) is 1.86. The van der Waals surface area contributed by atoms with Crippen molar-refractivity contribution < 1.29 is 64.3 Å². The van der Waals surface area contributed by atoms with Crippen molar-refractivity contribution in [2.24, 2.45) is 0 Å². The Kier molecular flexibility index (Phi) is 7.63. The zero-order valence-corrected chi connectivity index (χ0v) is 13.5. The average molecular weight is 313 g/mol. The quantitative estimate of drug-likeness (QED) is 0.733. The minimum Gasteiger partial charge on any atom is -0.445 e. The Bertz CT molecular complexity index is 383. The van der Waals surface area contributed by atoms with E-state index in [0.29, 0.717) is 0 Å². The van der Waals surface area contributed by atoms with Gasteiger partial charge in [0.25, 0.3) is 0 Å². The smallest absolute Gasteiger partial charge is 0.445 e. The summed E-state index contributed by atoms with van der Waals surface area (Å²) in [6.45, 7) is -5.00. The van der Waals surface area contributed by atoms with E-state index in [0.717, 1.165) is 6.08 Å². The molecule has 0 aliphatic heterocycles. The first kappa shape index (κ1) is 17.3. The molecule has 0 spiro atoms. The maximum Gasteiger partial charge on any atom is 1.00 e. The van der Waals surface area contributed by atoms with E-state index in [1.54, 1.807) is 0 Å². The fourth-order valence-electron chi connectivity index (χ4n) is 0.918. The molecular weight excluding hydrogens is 309 g/mol.